The zero-order valence-corrected chi connectivity index (χ0v) is 8.31. The van der Waals surface area contributed by atoms with Crippen molar-refractivity contribution < 1.29 is 0 Å². The minimum absolute atomic E-state index is 0.405. The van der Waals surface area contributed by atoms with E-state index in [2.05, 4.69) is 20.3 Å². The summed E-state index contributed by atoms with van der Waals surface area (Å²) in [6.45, 7) is 0. The quantitative estimate of drug-likeness (QED) is 0.679. The molecule has 3 rings (SSSR count). The van der Waals surface area contributed by atoms with Crippen molar-refractivity contribution in [2.45, 2.75) is 0 Å². The number of aromatic nitrogens is 5. The Bertz CT molecular complexity index is 598. The smallest absolute Gasteiger partial charge is 0.148 e. The van der Waals surface area contributed by atoms with Crippen molar-refractivity contribution in [3.8, 4) is 11.3 Å². The summed E-state index contributed by atoms with van der Waals surface area (Å²) in [6, 6.07) is 1.88. The fourth-order valence-electron chi connectivity index (χ4n) is 1.49. The van der Waals surface area contributed by atoms with Crippen molar-refractivity contribution in [1.29, 1.82) is 0 Å². The molecule has 3 aromatic rings. The molecule has 15 heavy (non-hydrogen) atoms. The molecule has 0 radical (unpaired) electrons. The van der Waals surface area contributed by atoms with Crippen LogP contribution in [0.1, 0.15) is 0 Å². The number of rotatable bonds is 1. The first kappa shape index (κ1) is 8.43. The molecule has 0 spiro atoms. The van der Waals surface area contributed by atoms with E-state index in [9.17, 15) is 0 Å². The fourth-order valence-corrected chi connectivity index (χ4v) is 1.67. The lowest BCUT2D eigenvalue weighted by Gasteiger charge is -2.00. The van der Waals surface area contributed by atoms with Gasteiger partial charge >= 0.3 is 0 Å². The summed E-state index contributed by atoms with van der Waals surface area (Å²) in [6.07, 6.45) is 6.84. The first-order valence-electron chi connectivity index (χ1n) is 4.33. The van der Waals surface area contributed by atoms with Gasteiger partial charge in [-0.3, -0.25) is 5.10 Å². The highest BCUT2D eigenvalue weighted by Gasteiger charge is 2.08. The summed E-state index contributed by atoms with van der Waals surface area (Å²) in [4.78, 5) is 4.26. The van der Waals surface area contributed by atoms with Crippen LogP contribution in [0, 0.1) is 0 Å². The fraction of sp³-hybridized carbons (Fsp3) is 0. The molecular formula is C9H6ClN5. The standard InChI is InChI=1S/C9H6ClN5/c10-8-5-15-7(1-2-13-15)9(14-8)6-3-11-12-4-6/h1-5H,(H,11,12). The van der Waals surface area contributed by atoms with E-state index in [1.807, 2.05) is 6.07 Å². The molecule has 0 saturated carbocycles. The largest absolute Gasteiger partial charge is 0.285 e. The van der Waals surface area contributed by atoms with Gasteiger partial charge < -0.3 is 0 Å². The maximum Gasteiger partial charge on any atom is 0.148 e. The summed E-state index contributed by atoms with van der Waals surface area (Å²) in [5.41, 5.74) is 2.57. The molecule has 0 bridgehead atoms. The maximum atomic E-state index is 5.90. The van der Waals surface area contributed by atoms with Crippen LogP contribution < -0.4 is 0 Å². The predicted octanol–water partition coefficient (Wildman–Crippen LogP) is 1.77. The van der Waals surface area contributed by atoms with Gasteiger partial charge in [-0.1, -0.05) is 11.6 Å². The Morgan fingerprint density at radius 2 is 2.33 bits per heavy atom. The molecule has 1 N–H and O–H groups in total. The van der Waals surface area contributed by atoms with E-state index < -0.39 is 0 Å². The van der Waals surface area contributed by atoms with E-state index in [0.29, 0.717) is 5.15 Å². The number of nitrogens with zero attached hydrogens (tertiary/aromatic N) is 4. The molecule has 3 heterocycles. The molecule has 0 amide bonds. The number of nitrogens with one attached hydrogen (secondary N) is 1. The minimum Gasteiger partial charge on any atom is -0.285 e. The molecule has 0 aliphatic heterocycles. The van der Waals surface area contributed by atoms with E-state index in [4.69, 9.17) is 11.6 Å². The van der Waals surface area contributed by atoms with Crippen LogP contribution in [-0.4, -0.2) is 24.8 Å². The van der Waals surface area contributed by atoms with E-state index in [0.717, 1.165) is 16.8 Å². The highest BCUT2D eigenvalue weighted by Crippen LogP contribution is 2.22. The number of H-pyrrole nitrogens is 1. The van der Waals surface area contributed by atoms with Crippen LogP contribution >= 0.6 is 11.6 Å². The molecule has 0 saturated heterocycles. The average molecular weight is 220 g/mol. The van der Waals surface area contributed by atoms with Crippen LogP contribution in [0.4, 0.5) is 0 Å². The monoisotopic (exact) mass is 219 g/mol. The van der Waals surface area contributed by atoms with Gasteiger partial charge in [-0.25, -0.2) is 9.50 Å². The first-order valence-corrected chi connectivity index (χ1v) is 4.71. The van der Waals surface area contributed by atoms with Crippen LogP contribution in [0.15, 0.2) is 30.9 Å². The van der Waals surface area contributed by atoms with E-state index >= 15 is 0 Å². The van der Waals surface area contributed by atoms with Gasteiger partial charge in [0, 0.05) is 11.8 Å². The molecule has 0 fully saturated rings. The van der Waals surface area contributed by atoms with Crippen molar-refractivity contribution in [2.24, 2.45) is 0 Å². The third-order valence-electron chi connectivity index (χ3n) is 2.13. The summed E-state index contributed by atoms with van der Waals surface area (Å²) in [5.74, 6) is 0. The van der Waals surface area contributed by atoms with Crippen molar-refractivity contribution >= 4 is 17.1 Å². The molecular weight excluding hydrogens is 214 g/mol. The molecule has 0 unspecified atom stereocenters. The maximum absolute atomic E-state index is 5.90. The lowest BCUT2D eigenvalue weighted by Crippen LogP contribution is -1.92. The topological polar surface area (TPSA) is 58.9 Å². The zero-order valence-electron chi connectivity index (χ0n) is 7.55. The van der Waals surface area contributed by atoms with Gasteiger partial charge in [0.15, 0.2) is 0 Å². The molecule has 6 heteroatoms. The molecule has 74 valence electrons. The number of hydrogen-bond donors (Lipinski definition) is 1. The summed E-state index contributed by atoms with van der Waals surface area (Å²) in [5, 5.41) is 11.1. The van der Waals surface area contributed by atoms with Gasteiger partial charge in [-0.15, -0.1) is 0 Å². The van der Waals surface area contributed by atoms with E-state index in [1.165, 1.54) is 0 Å². The number of halogens is 1. The van der Waals surface area contributed by atoms with Crippen molar-refractivity contribution in [3.63, 3.8) is 0 Å². The lowest BCUT2D eigenvalue weighted by molar-refractivity contribution is 0.948. The van der Waals surface area contributed by atoms with Gasteiger partial charge in [0.1, 0.15) is 10.8 Å². The second-order valence-electron chi connectivity index (χ2n) is 3.06. The normalized spacial score (nSPS) is 11.0. The highest BCUT2D eigenvalue weighted by molar-refractivity contribution is 6.29. The molecule has 0 aliphatic rings. The Balaban J connectivity index is 2.38. The van der Waals surface area contributed by atoms with Crippen LogP contribution in [-0.2, 0) is 0 Å². The summed E-state index contributed by atoms with van der Waals surface area (Å²) >= 11 is 5.90. The molecule has 3 aromatic heterocycles. The molecule has 0 atom stereocenters. The number of aromatic amines is 1. The van der Waals surface area contributed by atoms with Crippen LogP contribution in [0.5, 0.6) is 0 Å². The Labute approximate surface area is 89.7 Å². The summed E-state index contributed by atoms with van der Waals surface area (Å²) < 4.78 is 1.69. The predicted molar refractivity (Wildman–Crippen MR) is 55.6 cm³/mol. The SMILES string of the molecule is Clc1cn2nccc2c(-c2cn[nH]c2)n1. The minimum atomic E-state index is 0.405. The van der Waals surface area contributed by atoms with Gasteiger partial charge in [0.25, 0.3) is 0 Å². The molecule has 0 aliphatic carbocycles. The second kappa shape index (κ2) is 3.06. The van der Waals surface area contributed by atoms with Crippen molar-refractivity contribution in [2.75, 3.05) is 0 Å². The Morgan fingerprint density at radius 3 is 3.13 bits per heavy atom. The Hall–Kier alpha value is -1.88. The van der Waals surface area contributed by atoms with Gasteiger partial charge in [0.05, 0.1) is 24.1 Å². The molecule has 0 aromatic carbocycles. The van der Waals surface area contributed by atoms with Crippen LogP contribution in [0.25, 0.3) is 16.8 Å². The Kier molecular flexibility index (Phi) is 1.72. The van der Waals surface area contributed by atoms with Gasteiger partial charge in [-0.2, -0.15) is 10.2 Å². The summed E-state index contributed by atoms with van der Waals surface area (Å²) in [7, 11) is 0. The van der Waals surface area contributed by atoms with Crippen LogP contribution in [0.3, 0.4) is 0 Å². The van der Waals surface area contributed by atoms with Gasteiger partial charge in [0.2, 0.25) is 0 Å². The first-order chi connectivity index (χ1) is 7.34. The third-order valence-corrected chi connectivity index (χ3v) is 2.31. The highest BCUT2D eigenvalue weighted by atomic mass is 35.5. The van der Waals surface area contributed by atoms with Crippen LogP contribution in [0.2, 0.25) is 5.15 Å². The second-order valence-corrected chi connectivity index (χ2v) is 3.45. The lowest BCUT2D eigenvalue weighted by atomic mass is 10.2. The van der Waals surface area contributed by atoms with Gasteiger partial charge in [-0.05, 0) is 6.07 Å². The zero-order chi connectivity index (χ0) is 10.3. The van der Waals surface area contributed by atoms with E-state index in [-0.39, 0.29) is 0 Å². The average Bonchev–Trinajstić information content (AvgIpc) is 2.86. The number of fused-ring (bicyclic) bond motifs is 1. The number of hydrogen-bond acceptors (Lipinski definition) is 3. The molecule has 5 nitrogen and oxygen atoms in total. The van der Waals surface area contributed by atoms with Crippen molar-refractivity contribution in [3.05, 3.63) is 36.0 Å². The van der Waals surface area contributed by atoms with E-state index in [1.54, 1.807) is 29.3 Å². The van der Waals surface area contributed by atoms with Crippen molar-refractivity contribution in [1.82, 2.24) is 24.8 Å². The Morgan fingerprint density at radius 1 is 1.40 bits per heavy atom. The third kappa shape index (κ3) is 1.28.